The van der Waals surface area contributed by atoms with E-state index < -0.39 is 6.10 Å². The number of nitrogens with one attached hydrogen (secondary N) is 3. The number of aliphatic hydroxyl groups is 1. The molecule has 3 aromatic rings. The number of rotatable bonds is 7. The topological polar surface area (TPSA) is 120 Å². The summed E-state index contributed by atoms with van der Waals surface area (Å²) in [5, 5.41) is 21.0. The summed E-state index contributed by atoms with van der Waals surface area (Å²) < 4.78 is 5.61. The zero-order chi connectivity index (χ0) is 23.3. The number of anilines is 3. The summed E-state index contributed by atoms with van der Waals surface area (Å²) in [6, 6.07) is 6.03. The standard InChI is InChI=1S/C24H32N8O2/c1-16(33)20-11-18-13-27-24(31-22(18)23(29-20)28-19-3-2-10-34-15-19)30-21-5-4-17(12-26-21)14-32-8-6-25-7-9-32/h4-5,11-13,16,19,25,33H,2-3,6-10,14-15H2,1H3,(H,28,29)(H,26,27,30,31)/t16-,19-/m1/s1. The Morgan fingerprint density at radius 2 is 2.09 bits per heavy atom. The molecule has 0 spiro atoms. The molecule has 2 atom stereocenters. The fourth-order valence-corrected chi connectivity index (χ4v) is 4.32. The van der Waals surface area contributed by atoms with E-state index in [0.717, 1.165) is 57.6 Å². The predicted octanol–water partition coefficient (Wildman–Crippen LogP) is 2.21. The lowest BCUT2D eigenvalue weighted by molar-refractivity contribution is 0.0875. The third-order valence-electron chi connectivity index (χ3n) is 6.20. The summed E-state index contributed by atoms with van der Waals surface area (Å²) in [5.41, 5.74) is 2.46. The number of aromatic nitrogens is 4. The molecular formula is C24H32N8O2. The lowest BCUT2D eigenvalue weighted by Crippen LogP contribution is -2.42. The molecule has 10 nitrogen and oxygen atoms in total. The van der Waals surface area contributed by atoms with Crippen LogP contribution in [0.4, 0.5) is 17.6 Å². The van der Waals surface area contributed by atoms with Crippen LogP contribution < -0.4 is 16.0 Å². The second kappa shape index (κ2) is 10.6. The summed E-state index contributed by atoms with van der Waals surface area (Å²) in [7, 11) is 0. The van der Waals surface area contributed by atoms with Gasteiger partial charge in [0.15, 0.2) is 5.82 Å². The van der Waals surface area contributed by atoms with E-state index in [1.165, 1.54) is 5.56 Å². The van der Waals surface area contributed by atoms with E-state index in [1.54, 1.807) is 13.1 Å². The van der Waals surface area contributed by atoms with Gasteiger partial charge in [-0.05, 0) is 37.5 Å². The Bertz CT molecular complexity index is 1100. The van der Waals surface area contributed by atoms with Crippen LogP contribution in [-0.4, -0.2) is 75.4 Å². The average molecular weight is 465 g/mol. The van der Waals surface area contributed by atoms with Crippen LogP contribution in [0.15, 0.2) is 30.6 Å². The fraction of sp³-hybridized carbons (Fsp3) is 0.500. The first-order chi connectivity index (χ1) is 16.6. The summed E-state index contributed by atoms with van der Waals surface area (Å²) in [5.74, 6) is 1.77. The molecule has 0 bridgehead atoms. The highest BCUT2D eigenvalue weighted by Crippen LogP contribution is 2.26. The fourth-order valence-electron chi connectivity index (χ4n) is 4.32. The number of pyridine rings is 2. The van der Waals surface area contributed by atoms with Gasteiger partial charge in [-0.15, -0.1) is 0 Å². The number of aliphatic hydroxyl groups excluding tert-OH is 1. The zero-order valence-corrected chi connectivity index (χ0v) is 19.5. The van der Waals surface area contributed by atoms with Crippen LogP contribution in [0, 0.1) is 0 Å². The van der Waals surface area contributed by atoms with Gasteiger partial charge in [0.25, 0.3) is 0 Å². The lowest BCUT2D eigenvalue weighted by Gasteiger charge is -2.27. The average Bonchev–Trinajstić information content (AvgIpc) is 2.86. The third kappa shape index (κ3) is 5.58. The molecule has 5 rings (SSSR count). The number of piperazine rings is 1. The molecule has 2 aliphatic rings. The molecule has 0 aromatic carbocycles. The van der Waals surface area contributed by atoms with Crippen molar-refractivity contribution < 1.29 is 9.84 Å². The quantitative estimate of drug-likeness (QED) is 0.414. The van der Waals surface area contributed by atoms with E-state index in [2.05, 4.69) is 41.9 Å². The largest absolute Gasteiger partial charge is 0.387 e. The molecule has 0 unspecified atom stereocenters. The molecule has 180 valence electrons. The van der Waals surface area contributed by atoms with Crippen molar-refractivity contribution in [3.63, 3.8) is 0 Å². The maximum atomic E-state index is 10.1. The summed E-state index contributed by atoms with van der Waals surface area (Å²) in [6.07, 6.45) is 4.97. The highest BCUT2D eigenvalue weighted by atomic mass is 16.5. The van der Waals surface area contributed by atoms with Crippen LogP contribution in [0.5, 0.6) is 0 Å². The van der Waals surface area contributed by atoms with Gasteiger partial charge in [-0.2, -0.15) is 0 Å². The zero-order valence-electron chi connectivity index (χ0n) is 19.5. The number of ether oxygens (including phenoxy) is 1. The van der Waals surface area contributed by atoms with Gasteiger partial charge in [-0.3, -0.25) is 4.90 Å². The van der Waals surface area contributed by atoms with Gasteiger partial charge in [-0.1, -0.05) is 6.07 Å². The monoisotopic (exact) mass is 464 g/mol. The Morgan fingerprint density at radius 1 is 1.21 bits per heavy atom. The Labute approximate surface area is 199 Å². The van der Waals surface area contributed by atoms with Gasteiger partial charge >= 0.3 is 0 Å². The molecule has 2 saturated heterocycles. The minimum atomic E-state index is -0.686. The SMILES string of the molecule is C[C@@H](O)c1cc2cnc(Nc3ccc(CN4CCNCC4)cn3)nc2c(N[C@@H]2CCCOC2)n1. The number of nitrogens with zero attached hydrogens (tertiary/aromatic N) is 5. The summed E-state index contributed by atoms with van der Waals surface area (Å²) >= 11 is 0. The van der Waals surface area contributed by atoms with Crippen molar-refractivity contribution in [2.45, 2.75) is 38.5 Å². The van der Waals surface area contributed by atoms with Crippen molar-refractivity contribution in [1.29, 1.82) is 0 Å². The normalized spacial score (nSPS) is 20.2. The van der Waals surface area contributed by atoms with Gasteiger partial charge < -0.3 is 25.8 Å². The predicted molar refractivity (Wildman–Crippen MR) is 131 cm³/mol. The van der Waals surface area contributed by atoms with Crippen LogP contribution in [0.1, 0.15) is 37.1 Å². The summed E-state index contributed by atoms with van der Waals surface area (Å²) in [4.78, 5) is 20.8. The van der Waals surface area contributed by atoms with E-state index in [4.69, 9.17) is 9.72 Å². The Morgan fingerprint density at radius 3 is 2.82 bits per heavy atom. The van der Waals surface area contributed by atoms with Crippen molar-refractivity contribution in [2.75, 3.05) is 50.0 Å². The van der Waals surface area contributed by atoms with Gasteiger partial charge in [0, 0.05) is 57.1 Å². The van der Waals surface area contributed by atoms with Crippen molar-refractivity contribution in [1.82, 2.24) is 30.2 Å². The van der Waals surface area contributed by atoms with Crippen LogP contribution in [0.2, 0.25) is 0 Å². The Kier molecular flexibility index (Phi) is 7.10. The molecule has 0 radical (unpaired) electrons. The highest BCUT2D eigenvalue weighted by Gasteiger charge is 2.18. The van der Waals surface area contributed by atoms with Gasteiger partial charge in [-0.25, -0.2) is 19.9 Å². The smallest absolute Gasteiger partial charge is 0.229 e. The van der Waals surface area contributed by atoms with E-state index in [0.29, 0.717) is 35.4 Å². The molecule has 0 amide bonds. The van der Waals surface area contributed by atoms with Crippen molar-refractivity contribution in [3.05, 3.63) is 41.9 Å². The second-order valence-electron chi connectivity index (χ2n) is 8.96. The van der Waals surface area contributed by atoms with E-state index in [-0.39, 0.29) is 6.04 Å². The molecular weight excluding hydrogens is 432 g/mol. The van der Waals surface area contributed by atoms with Gasteiger partial charge in [0.1, 0.15) is 11.3 Å². The van der Waals surface area contributed by atoms with Gasteiger partial charge in [0.2, 0.25) is 5.95 Å². The van der Waals surface area contributed by atoms with Gasteiger partial charge in [0.05, 0.1) is 24.4 Å². The first kappa shape index (κ1) is 22.9. The molecule has 5 heterocycles. The molecule has 2 fully saturated rings. The minimum Gasteiger partial charge on any atom is -0.387 e. The van der Waals surface area contributed by atoms with E-state index >= 15 is 0 Å². The summed E-state index contributed by atoms with van der Waals surface area (Å²) in [6.45, 7) is 8.20. The highest BCUT2D eigenvalue weighted by molar-refractivity contribution is 5.89. The Hall–Kier alpha value is -2.92. The first-order valence-corrected chi connectivity index (χ1v) is 12.0. The van der Waals surface area contributed by atoms with E-state index in [1.807, 2.05) is 18.3 Å². The van der Waals surface area contributed by atoms with Crippen molar-refractivity contribution in [3.8, 4) is 0 Å². The molecule has 4 N–H and O–H groups in total. The maximum Gasteiger partial charge on any atom is 0.229 e. The third-order valence-corrected chi connectivity index (χ3v) is 6.20. The Balaban J connectivity index is 1.35. The number of fused-ring (bicyclic) bond motifs is 1. The van der Waals surface area contributed by atoms with Crippen LogP contribution in [0.3, 0.4) is 0 Å². The minimum absolute atomic E-state index is 0.157. The molecule has 34 heavy (non-hydrogen) atoms. The molecule has 0 saturated carbocycles. The van der Waals surface area contributed by atoms with Crippen LogP contribution in [-0.2, 0) is 11.3 Å². The molecule has 0 aliphatic carbocycles. The first-order valence-electron chi connectivity index (χ1n) is 12.0. The maximum absolute atomic E-state index is 10.1. The lowest BCUT2D eigenvalue weighted by atomic mass is 10.1. The number of hydrogen-bond acceptors (Lipinski definition) is 10. The number of hydrogen-bond donors (Lipinski definition) is 4. The van der Waals surface area contributed by atoms with E-state index in [9.17, 15) is 5.11 Å². The van der Waals surface area contributed by atoms with Crippen molar-refractivity contribution in [2.24, 2.45) is 0 Å². The van der Waals surface area contributed by atoms with Crippen LogP contribution in [0.25, 0.3) is 10.9 Å². The molecule has 3 aromatic heterocycles. The van der Waals surface area contributed by atoms with Crippen molar-refractivity contribution >= 4 is 28.5 Å². The second-order valence-corrected chi connectivity index (χ2v) is 8.96. The molecule has 10 heteroatoms. The molecule has 2 aliphatic heterocycles. The van der Waals surface area contributed by atoms with Crippen LogP contribution >= 0.6 is 0 Å².